The molecule has 0 bridgehead atoms. The fourth-order valence-corrected chi connectivity index (χ4v) is 5.64. The van der Waals surface area contributed by atoms with Crippen LogP contribution in [0.15, 0.2) is 99.2 Å². The van der Waals surface area contributed by atoms with Crippen LogP contribution < -0.4 is 19.8 Å². The van der Waals surface area contributed by atoms with Crippen LogP contribution in [0, 0.1) is 3.57 Å². The second kappa shape index (κ2) is 12.5. The van der Waals surface area contributed by atoms with Crippen molar-refractivity contribution in [2.45, 2.75) is 13.5 Å². The smallest absolute Gasteiger partial charge is 0.282 e. The summed E-state index contributed by atoms with van der Waals surface area (Å²) in [4.78, 5) is 18.5. The fourth-order valence-electron chi connectivity index (χ4n) is 4.67. The molecule has 0 spiro atoms. The maximum atomic E-state index is 13.7. The maximum Gasteiger partial charge on any atom is 0.282 e. The molecule has 4 aromatic carbocycles. The fraction of sp³-hybridized carbons (Fsp3) is 0.121. The van der Waals surface area contributed by atoms with Crippen LogP contribution in [0.4, 0.5) is 0 Å². The average molecular weight is 706 g/mol. The van der Waals surface area contributed by atoms with Gasteiger partial charge in [-0.3, -0.25) is 4.79 Å². The number of rotatable bonds is 9. The minimum absolute atomic E-state index is 0.262. The number of aromatic nitrogens is 2. The average Bonchev–Trinajstić information content (AvgIpc) is 3.46. The lowest BCUT2D eigenvalue weighted by atomic mass is 10.2. The molecule has 0 unspecified atom stereocenters. The van der Waals surface area contributed by atoms with Crippen molar-refractivity contribution in [2.24, 2.45) is 5.10 Å². The molecule has 0 atom stereocenters. The lowest BCUT2D eigenvalue weighted by Gasteiger charge is -2.15. The van der Waals surface area contributed by atoms with Crippen LogP contribution in [0.5, 0.6) is 17.2 Å². The Hall–Kier alpha value is -4.35. The molecule has 0 saturated heterocycles. The first-order valence-corrected chi connectivity index (χ1v) is 14.9. The minimum atomic E-state index is -0.330. The van der Waals surface area contributed by atoms with Crippen LogP contribution in [0.2, 0.25) is 5.02 Å². The molecule has 8 nitrogen and oxygen atoms in total. The molecule has 0 aliphatic rings. The molecule has 0 radical (unpaired) electrons. The van der Waals surface area contributed by atoms with Gasteiger partial charge in [0.1, 0.15) is 17.9 Å². The number of nitrogens with zero attached hydrogens (tertiary/aromatic N) is 3. The largest absolute Gasteiger partial charge is 0.496 e. The topological polar surface area (TPSA) is 88.1 Å². The maximum absolute atomic E-state index is 13.7. The number of para-hydroxylation sites is 1. The number of hydrogen-bond acceptors (Lipinski definition) is 7. The molecule has 0 amide bonds. The molecule has 2 aromatic heterocycles. The zero-order chi connectivity index (χ0) is 29.9. The van der Waals surface area contributed by atoms with Crippen LogP contribution in [0.3, 0.4) is 0 Å². The third kappa shape index (κ3) is 5.82. The normalized spacial score (nSPS) is 11.4. The van der Waals surface area contributed by atoms with E-state index in [1.165, 1.54) is 4.68 Å². The highest BCUT2D eigenvalue weighted by Gasteiger charge is 2.18. The standard InChI is InChI=1S/C33H25ClIN3O5/c1-3-41-29-16-20(15-25(35)31(29)42-19-21-9-4-6-11-24(21)34)18-36-38-32(37-26-12-7-5-10-22(26)33(38)39)30-17-23-27(40-2)13-8-14-28(23)43-30/h4-18H,3,19H2,1-2H3. The molecule has 0 aliphatic heterocycles. The van der Waals surface area contributed by atoms with Gasteiger partial charge < -0.3 is 18.6 Å². The minimum Gasteiger partial charge on any atom is -0.496 e. The van der Waals surface area contributed by atoms with Gasteiger partial charge in [-0.05, 0) is 83.6 Å². The first-order chi connectivity index (χ1) is 21.0. The molecule has 0 fully saturated rings. The van der Waals surface area contributed by atoms with Crippen LogP contribution in [-0.2, 0) is 6.61 Å². The van der Waals surface area contributed by atoms with E-state index in [9.17, 15) is 4.79 Å². The second-order valence-corrected chi connectivity index (χ2v) is 11.0. The highest BCUT2D eigenvalue weighted by Crippen LogP contribution is 2.36. The van der Waals surface area contributed by atoms with E-state index in [1.54, 1.807) is 37.6 Å². The van der Waals surface area contributed by atoms with Crippen LogP contribution >= 0.6 is 34.2 Å². The third-order valence-corrected chi connectivity index (χ3v) is 7.87. The molecular weight excluding hydrogens is 681 g/mol. The predicted molar refractivity (Wildman–Crippen MR) is 177 cm³/mol. The van der Waals surface area contributed by atoms with Gasteiger partial charge in [0, 0.05) is 10.6 Å². The van der Waals surface area contributed by atoms with E-state index >= 15 is 0 Å². The van der Waals surface area contributed by atoms with Crippen molar-refractivity contribution in [3.63, 3.8) is 0 Å². The molecule has 216 valence electrons. The van der Waals surface area contributed by atoms with Gasteiger partial charge >= 0.3 is 0 Å². The third-order valence-electron chi connectivity index (χ3n) is 6.70. The summed E-state index contributed by atoms with van der Waals surface area (Å²) >= 11 is 8.52. The Morgan fingerprint density at radius 2 is 1.79 bits per heavy atom. The monoisotopic (exact) mass is 705 g/mol. The van der Waals surface area contributed by atoms with Gasteiger partial charge in [0.15, 0.2) is 17.3 Å². The van der Waals surface area contributed by atoms with Gasteiger partial charge in [0.05, 0.1) is 39.8 Å². The predicted octanol–water partition coefficient (Wildman–Crippen LogP) is 7.94. The number of furan rings is 1. The zero-order valence-electron chi connectivity index (χ0n) is 23.2. The van der Waals surface area contributed by atoms with Gasteiger partial charge in [-0.25, -0.2) is 4.98 Å². The van der Waals surface area contributed by atoms with Gasteiger partial charge in [0.25, 0.3) is 5.56 Å². The Morgan fingerprint density at radius 1 is 0.977 bits per heavy atom. The molecule has 6 rings (SSSR count). The molecule has 0 aliphatic carbocycles. The van der Waals surface area contributed by atoms with Crippen molar-refractivity contribution < 1.29 is 18.6 Å². The van der Waals surface area contributed by atoms with E-state index in [0.717, 1.165) is 14.5 Å². The van der Waals surface area contributed by atoms with E-state index in [4.69, 9.17) is 35.2 Å². The molecule has 6 aromatic rings. The van der Waals surface area contributed by atoms with Gasteiger partial charge in [-0.2, -0.15) is 9.78 Å². The highest BCUT2D eigenvalue weighted by molar-refractivity contribution is 14.1. The molecule has 10 heteroatoms. The first-order valence-electron chi connectivity index (χ1n) is 13.4. The van der Waals surface area contributed by atoms with E-state index in [2.05, 4.69) is 27.7 Å². The summed E-state index contributed by atoms with van der Waals surface area (Å²) in [5, 5.41) is 6.43. The van der Waals surface area contributed by atoms with Gasteiger partial charge in [-0.15, -0.1) is 0 Å². The molecular formula is C33H25ClIN3O5. The number of benzene rings is 4. The summed E-state index contributed by atoms with van der Waals surface area (Å²) in [6.45, 7) is 2.63. The Balaban J connectivity index is 1.42. The lowest BCUT2D eigenvalue weighted by Crippen LogP contribution is -2.20. The number of hydrogen-bond donors (Lipinski definition) is 0. The molecule has 0 saturated carbocycles. The van der Waals surface area contributed by atoms with Crippen molar-refractivity contribution in [3.05, 3.63) is 115 Å². The van der Waals surface area contributed by atoms with E-state index in [-0.39, 0.29) is 18.0 Å². The van der Waals surface area contributed by atoms with E-state index in [1.807, 2.05) is 67.6 Å². The van der Waals surface area contributed by atoms with Gasteiger partial charge in [-0.1, -0.05) is 48.0 Å². The second-order valence-electron chi connectivity index (χ2n) is 9.44. The summed E-state index contributed by atoms with van der Waals surface area (Å²) in [5.41, 5.74) is 2.39. The summed E-state index contributed by atoms with van der Waals surface area (Å²) in [6, 6.07) is 25.7. The van der Waals surface area contributed by atoms with Crippen molar-refractivity contribution in [1.82, 2.24) is 9.66 Å². The Bertz CT molecular complexity index is 2050. The Morgan fingerprint density at radius 3 is 2.60 bits per heavy atom. The molecule has 2 heterocycles. The van der Waals surface area contributed by atoms with E-state index in [0.29, 0.717) is 56.7 Å². The summed E-state index contributed by atoms with van der Waals surface area (Å²) in [6.07, 6.45) is 1.59. The van der Waals surface area contributed by atoms with E-state index < -0.39 is 0 Å². The Labute approximate surface area is 265 Å². The number of ether oxygens (including phenoxy) is 3. The molecule has 43 heavy (non-hydrogen) atoms. The highest BCUT2D eigenvalue weighted by atomic mass is 127. The Kier molecular flexibility index (Phi) is 8.35. The van der Waals surface area contributed by atoms with Crippen molar-refractivity contribution in [1.29, 1.82) is 0 Å². The van der Waals surface area contributed by atoms with Crippen molar-refractivity contribution in [3.8, 4) is 28.8 Å². The summed E-state index contributed by atoms with van der Waals surface area (Å²) in [7, 11) is 1.60. The van der Waals surface area contributed by atoms with Crippen molar-refractivity contribution in [2.75, 3.05) is 13.7 Å². The number of methoxy groups -OCH3 is 1. The number of halogens is 2. The van der Waals surface area contributed by atoms with Gasteiger partial charge in [0.2, 0.25) is 5.82 Å². The van der Waals surface area contributed by atoms with Crippen molar-refractivity contribution >= 4 is 62.3 Å². The van der Waals surface area contributed by atoms with Crippen LogP contribution in [0.25, 0.3) is 33.5 Å². The number of fused-ring (bicyclic) bond motifs is 2. The van der Waals surface area contributed by atoms with Crippen LogP contribution in [0.1, 0.15) is 18.1 Å². The molecule has 0 N–H and O–H groups in total. The zero-order valence-corrected chi connectivity index (χ0v) is 26.1. The van der Waals surface area contributed by atoms with Crippen LogP contribution in [-0.4, -0.2) is 29.6 Å². The quantitative estimate of drug-likeness (QED) is 0.112. The lowest BCUT2D eigenvalue weighted by molar-refractivity contribution is 0.267. The first kappa shape index (κ1) is 28.8. The SMILES string of the molecule is CCOc1cc(C=Nn2c(-c3cc4c(OC)cccc4o3)nc3ccccc3c2=O)cc(I)c1OCc1ccccc1Cl. The summed E-state index contributed by atoms with van der Waals surface area (Å²) in [5.74, 6) is 2.45. The summed E-state index contributed by atoms with van der Waals surface area (Å²) < 4.78 is 25.8.